The number of ether oxygens (including phenoxy) is 1. The molecule has 3 N–H and O–H groups in total. The molecule has 0 saturated heterocycles. The number of nitrogens with zero attached hydrogens (tertiary/aromatic N) is 2. The van der Waals surface area contributed by atoms with E-state index in [1.54, 1.807) is 48.7 Å². The summed E-state index contributed by atoms with van der Waals surface area (Å²) in [5.74, 6) is 0.0656. The van der Waals surface area contributed by atoms with Gasteiger partial charge in [-0.05, 0) is 30.3 Å². The second-order valence-corrected chi connectivity index (χ2v) is 8.55. The Kier molecular flexibility index (Phi) is 6.13. The highest BCUT2D eigenvalue weighted by atomic mass is 32.2. The van der Waals surface area contributed by atoms with Crippen LogP contribution in [-0.4, -0.2) is 55.2 Å². The van der Waals surface area contributed by atoms with Crippen LogP contribution in [0.5, 0.6) is 5.75 Å². The molecule has 2 aromatic heterocycles. The van der Waals surface area contributed by atoms with Crippen molar-refractivity contribution in [2.24, 2.45) is 0 Å². The molecule has 1 amide bonds. The van der Waals surface area contributed by atoms with Gasteiger partial charge in [0, 0.05) is 30.8 Å². The summed E-state index contributed by atoms with van der Waals surface area (Å²) in [6.07, 6.45) is 2.86. The molecule has 9 nitrogen and oxygen atoms in total. The van der Waals surface area contributed by atoms with Crippen LogP contribution in [0.4, 0.5) is 11.4 Å². The van der Waals surface area contributed by atoms with E-state index in [2.05, 4.69) is 25.8 Å². The molecule has 0 radical (unpaired) electrons. The van der Waals surface area contributed by atoms with Crippen LogP contribution in [0.2, 0.25) is 0 Å². The molecule has 0 unspecified atom stereocenters. The van der Waals surface area contributed by atoms with Crippen molar-refractivity contribution in [2.45, 2.75) is 0 Å². The Bertz CT molecular complexity index is 1100. The van der Waals surface area contributed by atoms with Crippen molar-refractivity contribution >= 4 is 27.1 Å². The number of hydrogen-bond donors (Lipinski definition) is 3. The number of pyridine rings is 1. The second kappa shape index (κ2) is 8.74. The highest BCUT2D eigenvalue weighted by molar-refractivity contribution is 7.90. The maximum Gasteiger partial charge on any atom is 0.274 e. The molecule has 1 aromatic carbocycles. The first-order valence-corrected chi connectivity index (χ1v) is 10.8. The van der Waals surface area contributed by atoms with Crippen molar-refractivity contribution in [3.8, 4) is 17.1 Å². The SMILES string of the molecule is COc1cc(NCCS(C)(=O)=O)ccc1NC(=O)c1cccc(-c2cc[nH]n2)n1. The number of carbonyl (C=O) groups excluding carboxylic acids is 1. The maximum atomic E-state index is 12.6. The summed E-state index contributed by atoms with van der Waals surface area (Å²) in [5.41, 5.74) is 2.61. The van der Waals surface area contributed by atoms with Crippen molar-refractivity contribution in [3.05, 3.63) is 54.4 Å². The van der Waals surface area contributed by atoms with Gasteiger partial charge in [-0.1, -0.05) is 6.07 Å². The van der Waals surface area contributed by atoms with Gasteiger partial charge < -0.3 is 15.4 Å². The third-order valence-electron chi connectivity index (χ3n) is 4.00. The molecule has 0 bridgehead atoms. The Hall–Kier alpha value is -3.40. The molecule has 152 valence electrons. The summed E-state index contributed by atoms with van der Waals surface area (Å²) in [5, 5.41) is 12.6. The smallest absolute Gasteiger partial charge is 0.274 e. The van der Waals surface area contributed by atoms with E-state index in [1.165, 1.54) is 13.4 Å². The van der Waals surface area contributed by atoms with Crippen molar-refractivity contribution in [2.75, 3.05) is 36.3 Å². The van der Waals surface area contributed by atoms with Crippen LogP contribution in [0.1, 0.15) is 10.5 Å². The highest BCUT2D eigenvalue weighted by Gasteiger charge is 2.13. The molecule has 3 aromatic rings. The quantitative estimate of drug-likeness (QED) is 0.515. The lowest BCUT2D eigenvalue weighted by atomic mass is 10.2. The van der Waals surface area contributed by atoms with Gasteiger partial charge in [-0.15, -0.1) is 0 Å². The van der Waals surface area contributed by atoms with E-state index in [-0.39, 0.29) is 18.0 Å². The summed E-state index contributed by atoms with van der Waals surface area (Å²) in [6, 6.07) is 12.0. The number of methoxy groups -OCH3 is 1. The van der Waals surface area contributed by atoms with E-state index >= 15 is 0 Å². The van der Waals surface area contributed by atoms with Crippen molar-refractivity contribution in [3.63, 3.8) is 0 Å². The fourth-order valence-corrected chi connectivity index (χ4v) is 3.05. The third-order valence-corrected chi connectivity index (χ3v) is 4.94. The van der Waals surface area contributed by atoms with Gasteiger partial charge in [-0.25, -0.2) is 13.4 Å². The number of amides is 1. The summed E-state index contributed by atoms with van der Waals surface area (Å²) < 4.78 is 27.8. The van der Waals surface area contributed by atoms with E-state index < -0.39 is 15.7 Å². The van der Waals surface area contributed by atoms with Gasteiger partial charge in [0.15, 0.2) is 0 Å². The standard InChI is InChI=1S/C19H21N5O4S/c1-28-18-12-13(20-10-11-29(2,26)27)6-7-16(18)23-19(25)17-5-3-4-14(22-17)15-8-9-21-24-15/h3-9,12,20H,10-11H2,1-2H3,(H,21,24)(H,23,25). The van der Waals surface area contributed by atoms with Crippen LogP contribution in [0.25, 0.3) is 11.4 Å². The molecule has 0 atom stereocenters. The van der Waals surface area contributed by atoms with Crippen LogP contribution >= 0.6 is 0 Å². The number of rotatable bonds is 8. The van der Waals surface area contributed by atoms with Crippen molar-refractivity contribution in [1.29, 1.82) is 0 Å². The number of sulfone groups is 1. The van der Waals surface area contributed by atoms with Gasteiger partial charge in [-0.3, -0.25) is 9.89 Å². The van der Waals surface area contributed by atoms with Gasteiger partial charge in [0.2, 0.25) is 0 Å². The zero-order chi connectivity index (χ0) is 20.9. The number of hydrogen-bond acceptors (Lipinski definition) is 7. The number of anilines is 2. The lowest BCUT2D eigenvalue weighted by Gasteiger charge is -2.13. The van der Waals surface area contributed by atoms with Gasteiger partial charge in [0.25, 0.3) is 5.91 Å². The van der Waals surface area contributed by atoms with Gasteiger partial charge >= 0.3 is 0 Å². The Morgan fingerprint density at radius 2 is 2.00 bits per heavy atom. The summed E-state index contributed by atoms with van der Waals surface area (Å²) in [4.78, 5) is 17.0. The molecule has 10 heteroatoms. The topological polar surface area (TPSA) is 126 Å². The van der Waals surface area contributed by atoms with Crippen LogP contribution in [0, 0.1) is 0 Å². The average molecular weight is 415 g/mol. The zero-order valence-corrected chi connectivity index (χ0v) is 16.8. The maximum absolute atomic E-state index is 12.6. The summed E-state index contributed by atoms with van der Waals surface area (Å²) in [7, 11) is -1.56. The van der Waals surface area contributed by atoms with Crippen LogP contribution in [0.15, 0.2) is 48.7 Å². The van der Waals surface area contributed by atoms with Crippen LogP contribution in [0.3, 0.4) is 0 Å². The summed E-state index contributed by atoms with van der Waals surface area (Å²) >= 11 is 0. The Labute approximate surface area is 168 Å². The Morgan fingerprint density at radius 1 is 1.17 bits per heavy atom. The fraction of sp³-hybridized carbons (Fsp3) is 0.211. The minimum atomic E-state index is -3.05. The van der Waals surface area contributed by atoms with Gasteiger partial charge in [-0.2, -0.15) is 5.10 Å². The largest absolute Gasteiger partial charge is 0.494 e. The first kappa shape index (κ1) is 20.3. The molecule has 0 fully saturated rings. The van der Waals surface area contributed by atoms with E-state index in [1.807, 2.05) is 0 Å². The first-order valence-electron chi connectivity index (χ1n) is 8.74. The van der Waals surface area contributed by atoms with E-state index in [4.69, 9.17) is 4.74 Å². The predicted molar refractivity (Wildman–Crippen MR) is 111 cm³/mol. The third kappa shape index (κ3) is 5.55. The Balaban J connectivity index is 1.72. The van der Waals surface area contributed by atoms with Gasteiger partial charge in [0.05, 0.1) is 24.2 Å². The minimum Gasteiger partial charge on any atom is -0.494 e. The van der Waals surface area contributed by atoms with Crippen molar-refractivity contribution in [1.82, 2.24) is 15.2 Å². The minimum absolute atomic E-state index is 0.0197. The molecule has 0 spiro atoms. The molecule has 2 heterocycles. The van der Waals surface area contributed by atoms with Gasteiger partial charge in [0.1, 0.15) is 27.0 Å². The number of nitrogens with one attached hydrogen (secondary N) is 3. The lowest BCUT2D eigenvalue weighted by Crippen LogP contribution is -2.15. The monoisotopic (exact) mass is 415 g/mol. The molecule has 0 saturated carbocycles. The molecular formula is C19H21N5O4S. The lowest BCUT2D eigenvalue weighted by molar-refractivity contribution is 0.102. The predicted octanol–water partition coefficient (Wildman–Crippen LogP) is 2.19. The number of aromatic nitrogens is 3. The van der Waals surface area contributed by atoms with Crippen molar-refractivity contribution < 1.29 is 17.9 Å². The Morgan fingerprint density at radius 3 is 2.69 bits per heavy atom. The van der Waals surface area contributed by atoms with E-state index in [0.717, 1.165) is 0 Å². The number of aromatic amines is 1. The normalized spacial score (nSPS) is 11.1. The first-order chi connectivity index (χ1) is 13.9. The molecule has 0 aliphatic heterocycles. The molecular weight excluding hydrogens is 394 g/mol. The summed E-state index contributed by atoms with van der Waals surface area (Å²) in [6.45, 7) is 0.275. The molecule has 0 aliphatic carbocycles. The highest BCUT2D eigenvalue weighted by Crippen LogP contribution is 2.28. The van der Waals surface area contributed by atoms with Crippen LogP contribution in [-0.2, 0) is 9.84 Å². The number of carbonyl (C=O) groups is 1. The average Bonchev–Trinajstić information content (AvgIpc) is 3.23. The van der Waals surface area contributed by atoms with E-state index in [9.17, 15) is 13.2 Å². The molecule has 0 aliphatic rings. The van der Waals surface area contributed by atoms with E-state index in [0.29, 0.717) is 28.5 Å². The number of benzene rings is 1. The zero-order valence-electron chi connectivity index (χ0n) is 16.0. The second-order valence-electron chi connectivity index (χ2n) is 6.29. The fourth-order valence-electron chi connectivity index (χ4n) is 2.58. The molecule has 3 rings (SSSR count). The molecule has 29 heavy (non-hydrogen) atoms. The van der Waals surface area contributed by atoms with Crippen LogP contribution < -0.4 is 15.4 Å². The number of H-pyrrole nitrogens is 1.